The number of amides is 1. The molecule has 0 bridgehead atoms. The molecule has 6 nitrogen and oxygen atoms in total. The van der Waals surface area contributed by atoms with Gasteiger partial charge in [0.05, 0.1) is 18.2 Å². The van der Waals surface area contributed by atoms with Crippen molar-refractivity contribution in [2.24, 2.45) is 5.92 Å². The fourth-order valence-corrected chi connectivity index (χ4v) is 4.42. The van der Waals surface area contributed by atoms with E-state index in [4.69, 9.17) is 16.3 Å². The summed E-state index contributed by atoms with van der Waals surface area (Å²) in [7, 11) is 0. The molecule has 1 unspecified atom stereocenters. The minimum atomic E-state index is -0.847. The Morgan fingerprint density at radius 3 is 2.64 bits per heavy atom. The van der Waals surface area contributed by atoms with Crippen LogP contribution in [-0.2, 0) is 9.59 Å². The van der Waals surface area contributed by atoms with Gasteiger partial charge in [-0.15, -0.1) is 11.3 Å². The van der Waals surface area contributed by atoms with Gasteiger partial charge in [-0.05, 0) is 54.3 Å². The highest BCUT2D eigenvalue weighted by Gasteiger charge is 2.48. The number of nitrogens with zero attached hydrogens (tertiary/aromatic N) is 2. The number of anilines is 1. The standard InChI is InChI=1S/C25H23ClN2O4S/c1-15(2)10-12-32-19-5-3-4-17(14-19)21-20(22(29)16-6-8-18(26)9-7-16)23(30)24(31)28(21)25-27-11-13-33-25/h3-9,11,13-15,21,29H,10,12H2,1-2H3. The molecule has 1 aromatic heterocycles. The maximum atomic E-state index is 13.1. The first kappa shape index (κ1) is 23.0. The van der Waals surface area contributed by atoms with E-state index in [0.29, 0.717) is 39.6 Å². The van der Waals surface area contributed by atoms with Crippen LogP contribution in [0, 0.1) is 5.92 Å². The molecular weight excluding hydrogens is 460 g/mol. The molecule has 33 heavy (non-hydrogen) atoms. The molecule has 1 saturated heterocycles. The summed E-state index contributed by atoms with van der Waals surface area (Å²) in [4.78, 5) is 31.8. The van der Waals surface area contributed by atoms with Gasteiger partial charge in [0, 0.05) is 22.2 Å². The molecule has 3 aromatic rings. The van der Waals surface area contributed by atoms with Crippen LogP contribution in [0.25, 0.3) is 5.76 Å². The number of aliphatic hydroxyl groups is 1. The molecule has 4 rings (SSSR count). The van der Waals surface area contributed by atoms with Gasteiger partial charge in [-0.25, -0.2) is 4.98 Å². The number of carbonyl (C=O) groups excluding carboxylic acids is 2. The van der Waals surface area contributed by atoms with Crippen LogP contribution in [0.1, 0.15) is 37.4 Å². The first-order chi connectivity index (χ1) is 15.9. The highest BCUT2D eigenvalue weighted by Crippen LogP contribution is 2.43. The summed E-state index contributed by atoms with van der Waals surface area (Å²) in [5.41, 5.74) is 1.03. The summed E-state index contributed by atoms with van der Waals surface area (Å²) in [6, 6.07) is 12.9. The second kappa shape index (κ2) is 9.77. The van der Waals surface area contributed by atoms with E-state index in [0.717, 1.165) is 6.42 Å². The van der Waals surface area contributed by atoms with Gasteiger partial charge < -0.3 is 9.84 Å². The van der Waals surface area contributed by atoms with Gasteiger partial charge in [0.1, 0.15) is 11.5 Å². The van der Waals surface area contributed by atoms with Crippen LogP contribution < -0.4 is 9.64 Å². The molecule has 0 aliphatic carbocycles. The largest absolute Gasteiger partial charge is 0.507 e. The number of ketones is 1. The molecule has 2 aromatic carbocycles. The number of rotatable bonds is 7. The minimum Gasteiger partial charge on any atom is -0.507 e. The lowest BCUT2D eigenvalue weighted by Crippen LogP contribution is -2.29. The van der Waals surface area contributed by atoms with Crippen LogP contribution in [0.15, 0.2) is 65.7 Å². The fraction of sp³-hybridized carbons (Fsp3) is 0.240. The van der Waals surface area contributed by atoms with Crippen molar-refractivity contribution in [3.8, 4) is 5.75 Å². The van der Waals surface area contributed by atoms with Gasteiger partial charge in [-0.2, -0.15) is 0 Å². The Bertz CT molecular complexity index is 1190. The molecule has 1 N–H and O–H groups in total. The van der Waals surface area contributed by atoms with Crippen molar-refractivity contribution in [2.75, 3.05) is 11.5 Å². The van der Waals surface area contributed by atoms with E-state index in [-0.39, 0.29) is 11.3 Å². The average molecular weight is 483 g/mol. The molecular formula is C25H23ClN2O4S. The number of Topliss-reactive ketones (excluding diaryl/α,β-unsaturated/α-hetero) is 1. The van der Waals surface area contributed by atoms with Crippen LogP contribution >= 0.6 is 22.9 Å². The summed E-state index contributed by atoms with van der Waals surface area (Å²) >= 11 is 7.22. The zero-order valence-corrected chi connectivity index (χ0v) is 19.8. The highest BCUT2D eigenvalue weighted by atomic mass is 35.5. The third-order valence-electron chi connectivity index (χ3n) is 5.33. The molecule has 0 spiro atoms. The van der Waals surface area contributed by atoms with E-state index >= 15 is 0 Å². The summed E-state index contributed by atoms with van der Waals surface area (Å²) < 4.78 is 5.90. The number of hydrogen-bond donors (Lipinski definition) is 1. The van der Waals surface area contributed by atoms with Gasteiger partial charge >= 0.3 is 5.91 Å². The Hall–Kier alpha value is -3.16. The van der Waals surface area contributed by atoms with Crippen LogP contribution in [-0.4, -0.2) is 28.4 Å². The van der Waals surface area contributed by atoms with Crippen molar-refractivity contribution in [2.45, 2.75) is 26.3 Å². The molecule has 0 radical (unpaired) electrons. The number of thiazole rings is 1. The molecule has 0 saturated carbocycles. The average Bonchev–Trinajstić information content (AvgIpc) is 3.41. The molecule has 1 fully saturated rings. The van der Waals surface area contributed by atoms with Crippen molar-refractivity contribution >= 4 is 45.5 Å². The van der Waals surface area contributed by atoms with Gasteiger partial charge in [0.15, 0.2) is 5.13 Å². The normalized spacial score (nSPS) is 17.7. The lowest BCUT2D eigenvalue weighted by atomic mass is 9.95. The Morgan fingerprint density at radius 2 is 1.97 bits per heavy atom. The highest BCUT2D eigenvalue weighted by molar-refractivity contribution is 7.14. The van der Waals surface area contributed by atoms with Crippen LogP contribution in [0.4, 0.5) is 5.13 Å². The van der Waals surface area contributed by atoms with Gasteiger partial charge in [0.2, 0.25) is 0 Å². The van der Waals surface area contributed by atoms with Crippen molar-refractivity contribution in [3.05, 3.63) is 81.8 Å². The van der Waals surface area contributed by atoms with Crippen molar-refractivity contribution in [1.29, 1.82) is 0 Å². The predicted molar refractivity (Wildman–Crippen MR) is 130 cm³/mol. The number of aromatic nitrogens is 1. The maximum absolute atomic E-state index is 13.1. The van der Waals surface area contributed by atoms with Gasteiger partial charge in [0.25, 0.3) is 5.78 Å². The first-order valence-corrected chi connectivity index (χ1v) is 11.8. The number of hydrogen-bond acceptors (Lipinski definition) is 6. The van der Waals surface area contributed by atoms with Crippen molar-refractivity contribution in [1.82, 2.24) is 4.98 Å². The zero-order chi connectivity index (χ0) is 23.5. The Labute approximate surface area is 201 Å². The topological polar surface area (TPSA) is 79.7 Å². The summed E-state index contributed by atoms with van der Waals surface area (Å²) in [5.74, 6) is -0.639. The number of benzene rings is 2. The lowest BCUT2D eigenvalue weighted by Gasteiger charge is -2.23. The number of halogens is 1. The van der Waals surface area contributed by atoms with E-state index in [1.54, 1.807) is 41.9 Å². The molecule has 170 valence electrons. The fourth-order valence-electron chi connectivity index (χ4n) is 3.63. The van der Waals surface area contributed by atoms with Crippen LogP contribution in [0.3, 0.4) is 0 Å². The Balaban J connectivity index is 1.81. The minimum absolute atomic E-state index is 0.00291. The van der Waals surface area contributed by atoms with E-state index in [9.17, 15) is 14.7 Å². The smallest absolute Gasteiger partial charge is 0.301 e. The van der Waals surface area contributed by atoms with E-state index in [1.165, 1.54) is 16.2 Å². The number of ether oxygens (including phenoxy) is 1. The second-order valence-corrected chi connectivity index (χ2v) is 9.40. The summed E-state index contributed by atoms with van der Waals surface area (Å²) in [6.45, 7) is 4.80. The third-order valence-corrected chi connectivity index (χ3v) is 6.35. The molecule has 1 aliphatic rings. The molecule has 1 amide bonds. The molecule has 1 atom stereocenters. The van der Waals surface area contributed by atoms with Crippen LogP contribution in [0.5, 0.6) is 5.75 Å². The predicted octanol–water partition coefficient (Wildman–Crippen LogP) is 5.85. The SMILES string of the molecule is CC(C)CCOc1cccc(C2C(=C(O)c3ccc(Cl)cc3)C(=O)C(=O)N2c2nccs2)c1. The van der Waals surface area contributed by atoms with Crippen molar-refractivity contribution in [3.63, 3.8) is 0 Å². The molecule has 1 aliphatic heterocycles. The number of aliphatic hydroxyl groups excluding tert-OH is 1. The van der Waals surface area contributed by atoms with E-state index in [2.05, 4.69) is 18.8 Å². The Kier molecular flexibility index (Phi) is 6.81. The Morgan fingerprint density at radius 1 is 1.21 bits per heavy atom. The second-order valence-electron chi connectivity index (χ2n) is 8.09. The zero-order valence-electron chi connectivity index (χ0n) is 18.2. The van der Waals surface area contributed by atoms with Crippen molar-refractivity contribution < 1.29 is 19.4 Å². The third kappa shape index (κ3) is 4.79. The lowest BCUT2D eigenvalue weighted by molar-refractivity contribution is -0.132. The molecule has 8 heteroatoms. The van der Waals surface area contributed by atoms with E-state index in [1.807, 2.05) is 18.2 Å². The van der Waals surface area contributed by atoms with Crippen LogP contribution in [0.2, 0.25) is 5.02 Å². The van der Waals surface area contributed by atoms with E-state index < -0.39 is 17.7 Å². The summed E-state index contributed by atoms with van der Waals surface area (Å²) in [5, 5.41) is 13.7. The summed E-state index contributed by atoms with van der Waals surface area (Å²) in [6.07, 6.45) is 2.47. The van der Waals surface area contributed by atoms with Gasteiger partial charge in [-0.1, -0.05) is 37.6 Å². The molecule has 2 heterocycles. The number of carbonyl (C=O) groups is 2. The first-order valence-electron chi connectivity index (χ1n) is 10.6. The monoisotopic (exact) mass is 482 g/mol. The maximum Gasteiger partial charge on any atom is 0.301 e. The quantitative estimate of drug-likeness (QED) is 0.259. The van der Waals surface area contributed by atoms with Gasteiger partial charge in [-0.3, -0.25) is 14.5 Å².